The van der Waals surface area contributed by atoms with Crippen LogP contribution in [0.25, 0.3) is 10.9 Å². The van der Waals surface area contributed by atoms with Crippen LogP contribution >= 0.6 is 0 Å². The van der Waals surface area contributed by atoms with E-state index in [9.17, 15) is 31.1 Å². The Balaban J connectivity index is 1.13. The van der Waals surface area contributed by atoms with Crippen LogP contribution in [0.1, 0.15) is 16.7 Å². The zero-order chi connectivity index (χ0) is 27.2. The highest BCUT2D eigenvalue weighted by atomic mass is 19.4. The predicted octanol–water partition coefficient (Wildman–Crippen LogP) is 5.25. The van der Waals surface area contributed by atoms with Gasteiger partial charge in [-0.25, -0.2) is 4.79 Å². The number of carbonyl (C=O) groups is 1. The van der Waals surface area contributed by atoms with E-state index < -0.39 is 35.2 Å². The number of rotatable bonds is 4. The molecule has 38 heavy (non-hydrogen) atoms. The fraction of sp³-hybridized carbons (Fsp3) is 0.423. The molecule has 0 aliphatic carbocycles. The maximum atomic E-state index is 13.1. The Kier molecular flexibility index (Phi) is 6.80. The van der Waals surface area contributed by atoms with Gasteiger partial charge >= 0.3 is 18.4 Å². The molecule has 2 amide bonds. The summed E-state index contributed by atoms with van der Waals surface area (Å²) in [4.78, 5) is 18.6. The number of para-hydroxylation sites is 1. The summed E-state index contributed by atoms with van der Waals surface area (Å²) in [7, 11) is 2.03. The lowest BCUT2D eigenvalue weighted by molar-refractivity contribution is -0.143. The second-order valence-electron chi connectivity index (χ2n) is 9.88. The van der Waals surface area contributed by atoms with Crippen molar-refractivity contribution in [1.29, 1.82) is 0 Å². The summed E-state index contributed by atoms with van der Waals surface area (Å²) >= 11 is 0. The first kappa shape index (κ1) is 26.4. The molecule has 2 saturated heterocycles. The first-order valence-corrected chi connectivity index (χ1v) is 12.2. The van der Waals surface area contributed by atoms with Gasteiger partial charge in [0.1, 0.15) is 0 Å². The zero-order valence-corrected chi connectivity index (χ0v) is 20.6. The van der Waals surface area contributed by atoms with E-state index in [4.69, 9.17) is 0 Å². The molecule has 2 fully saturated rings. The standard InChI is InChI=1S/C26H27F6N5O/c1-34-13-17(22-4-2-3-5-23(22)34)14-35-6-8-36(9-7-35)21-15-37(16-21)24(38)33-20-11-18(25(27,28)29)10-19(12-20)26(30,31)32/h2-5,10-13,21H,6-9,14-16H2,1H3,(H,33,38). The first-order valence-electron chi connectivity index (χ1n) is 12.2. The number of hydrogen-bond acceptors (Lipinski definition) is 3. The molecular weight excluding hydrogens is 512 g/mol. The quantitative estimate of drug-likeness (QED) is 0.461. The van der Waals surface area contributed by atoms with Crippen LogP contribution in [0.5, 0.6) is 0 Å². The highest BCUT2D eigenvalue weighted by Gasteiger charge is 2.39. The van der Waals surface area contributed by atoms with Crippen LogP contribution in [0.3, 0.4) is 0 Å². The summed E-state index contributed by atoms with van der Waals surface area (Å²) in [5.74, 6) is 0. The van der Waals surface area contributed by atoms with Gasteiger partial charge in [-0.05, 0) is 29.8 Å². The van der Waals surface area contributed by atoms with E-state index in [1.807, 2.05) is 19.2 Å². The Morgan fingerprint density at radius 1 is 0.921 bits per heavy atom. The fourth-order valence-corrected chi connectivity index (χ4v) is 5.16. The molecule has 0 saturated carbocycles. The van der Waals surface area contributed by atoms with Gasteiger partial charge in [-0.3, -0.25) is 9.80 Å². The van der Waals surface area contributed by atoms with Crippen molar-refractivity contribution in [1.82, 2.24) is 19.3 Å². The number of fused-ring (bicyclic) bond motifs is 1. The van der Waals surface area contributed by atoms with Gasteiger partial charge in [-0.2, -0.15) is 26.3 Å². The SMILES string of the molecule is Cn1cc(CN2CCN(C3CN(C(=O)Nc4cc(C(F)(F)F)cc(C(F)(F)F)c4)C3)CC2)c2ccccc21. The maximum absolute atomic E-state index is 13.1. The van der Waals surface area contributed by atoms with Crippen molar-refractivity contribution in [2.75, 3.05) is 44.6 Å². The molecule has 6 nitrogen and oxygen atoms in total. The molecule has 0 atom stereocenters. The molecule has 3 aromatic rings. The molecule has 5 rings (SSSR count). The number of aromatic nitrogens is 1. The van der Waals surface area contributed by atoms with Crippen molar-refractivity contribution < 1.29 is 31.1 Å². The van der Waals surface area contributed by atoms with Crippen LogP contribution in [0.2, 0.25) is 0 Å². The van der Waals surface area contributed by atoms with Crippen LogP contribution in [0.4, 0.5) is 36.8 Å². The Hall–Kier alpha value is -3.25. The number of amides is 2. The molecule has 0 radical (unpaired) electrons. The average molecular weight is 540 g/mol. The number of anilines is 1. The van der Waals surface area contributed by atoms with Gasteiger partial charge in [0.15, 0.2) is 0 Å². The largest absolute Gasteiger partial charge is 0.416 e. The molecule has 3 heterocycles. The van der Waals surface area contributed by atoms with Gasteiger partial charge in [0.25, 0.3) is 0 Å². The average Bonchev–Trinajstić information content (AvgIpc) is 3.13. The van der Waals surface area contributed by atoms with Gasteiger partial charge in [-0.1, -0.05) is 18.2 Å². The second-order valence-corrected chi connectivity index (χ2v) is 9.88. The Morgan fingerprint density at radius 3 is 2.13 bits per heavy atom. The number of benzene rings is 2. The van der Waals surface area contributed by atoms with Gasteiger partial charge < -0.3 is 14.8 Å². The lowest BCUT2D eigenvalue weighted by atomic mass is 10.1. The molecule has 2 aromatic carbocycles. The monoisotopic (exact) mass is 539 g/mol. The van der Waals surface area contributed by atoms with Crippen LogP contribution in [-0.4, -0.2) is 70.6 Å². The second kappa shape index (κ2) is 9.81. The Morgan fingerprint density at radius 2 is 1.53 bits per heavy atom. The topological polar surface area (TPSA) is 43.8 Å². The van der Waals surface area contributed by atoms with Crippen molar-refractivity contribution in [2.45, 2.75) is 24.9 Å². The van der Waals surface area contributed by atoms with E-state index >= 15 is 0 Å². The molecular formula is C26H27F6N5O. The summed E-state index contributed by atoms with van der Waals surface area (Å²) in [5, 5.41) is 3.44. The van der Waals surface area contributed by atoms with Crippen molar-refractivity contribution in [3.8, 4) is 0 Å². The minimum absolute atomic E-state index is 0.0369. The normalized spacial score (nSPS) is 18.1. The molecule has 0 bridgehead atoms. The zero-order valence-electron chi connectivity index (χ0n) is 20.6. The number of hydrogen-bond donors (Lipinski definition) is 1. The smallest absolute Gasteiger partial charge is 0.350 e. The molecule has 0 spiro atoms. The maximum Gasteiger partial charge on any atom is 0.416 e. The van der Waals surface area contributed by atoms with Gasteiger partial charge in [0, 0.05) is 81.7 Å². The first-order chi connectivity index (χ1) is 17.9. The third-order valence-corrected chi connectivity index (χ3v) is 7.29. The fourth-order valence-electron chi connectivity index (χ4n) is 5.16. The third kappa shape index (κ3) is 5.46. The minimum atomic E-state index is -4.97. The number of piperazine rings is 1. The van der Waals surface area contributed by atoms with E-state index in [1.54, 1.807) is 0 Å². The van der Waals surface area contributed by atoms with Crippen LogP contribution < -0.4 is 5.32 Å². The third-order valence-electron chi connectivity index (χ3n) is 7.29. The molecule has 12 heteroatoms. The molecule has 1 aromatic heterocycles. The summed E-state index contributed by atoms with van der Waals surface area (Å²) in [6, 6.07) is 8.72. The Labute approximate surface area is 215 Å². The molecule has 0 unspecified atom stereocenters. The van der Waals surface area contributed by atoms with E-state index in [-0.39, 0.29) is 12.1 Å². The van der Waals surface area contributed by atoms with Crippen molar-refractivity contribution in [2.24, 2.45) is 7.05 Å². The van der Waals surface area contributed by atoms with Crippen LogP contribution in [0.15, 0.2) is 48.7 Å². The predicted molar refractivity (Wildman–Crippen MR) is 131 cm³/mol. The summed E-state index contributed by atoms with van der Waals surface area (Å²) in [5.41, 5.74) is -1.02. The van der Waals surface area contributed by atoms with Crippen molar-refractivity contribution >= 4 is 22.6 Å². The molecule has 2 aliphatic heterocycles. The molecule has 1 N–H and O–H groups in total. The molecule has 204 valence electrons. The van der Waals surface area contributed by atoms with Gasteiger partial charge in [-0.15, -0.1) is 0 Å². The lowest BCUT2D eigenvalue weighted by Crippen LogP contribution is -2.64. The molecule has 2 aliphatic rings. The van der Waals surface area contributed by atoms with E-state index in [0.29, 0.717) is 25.2 Å². The number of nitrogens with one attached hydrogen (secondary N) is 1. The number of urea groups is 1. The minimum Gasteiger partial charge on any atom is -0.350 e. The number of nitrogens with zero attached hydrogens (tertiary/aromatic N) is 4. The van der Waals surface area contributed by atoms with Gasteiger partial charge in [0.05, 0.1) is 11.1 Å². The van der Waals surface area contributed by atoms with Crippen molar-refractivity contribution in [3.05, 3.63) is 65.4 Å². The summed E-state index contributed by atoms with van der Waals surface area (Å²) < 4.78 is 80.6. The van der Waals surface area contributed by atoms with E-state index in [1.165, 1.54) is 21.4 Å². The van der Waals surface area contributed by atoms with E-state index in [2.05, 4.69) is 38.0 Å². The van der Waals surface area contributed by atoms with Crippen LogP contribution in [-0.2, 0) is 25.9 Å². The lowest BCUT2D eigenvalue weighted by Gasteiger charge is -2.48. The number of halogens is 6. The number of likely N-dealkylation sites (tertiary alicyclic amines) is 1. The van der Waals surface area contributed by atoms with E-state index in [0.717, 1.165) is 32.7 Å². The van der Waals surface area contributed by atoms with Crippen LogP contribution in [0, 0.1) is 0 Å². The number of carbonyl (C=O) groups excluding carboxylic acids is 1. The van der Waals surface area contributed by atoms with Crippen molar-refractivity contribution in [3.63, 3.8) is 0 Å². The number of alkyl halides is 6. The highest BCUT2D eigenvalue weighted by molar-refractivity contribution is 5.90. The number of aryl methyl sites for hydroxylation is 1. The summed E-state index contributed by atoms with van der Waals surface area (Å²) in [6.45, 7) is 4.90. The van der Waals surface area contributed by atoms with Gasteiger partial charge in [0.2, 0.25) is 0 Å². The summed E-state index contributed by atoms with van der Waals surface area (Å²) in [6.07, 6.45) is -7.79. The Bertz CT molecular complexity index is 1290. The highest BCUT2D eigenvalue weighted by Crippen LogP contribution is 2.37.